The third kappa shape index (κ3) is 9.94. The molecule has 8 N–H and O–H groups in total. The number of aliphatic carboxylic acids is 2. The highest BCUT2D eigenvalue weighted by molar-refractivity contribution is 5.90. The zero-order valence-electron chi connectivity index (χ0n) is 15.2. The summed E-state index contributed by atoms with van der Waals surface area (Å²) >= 11 is 0. The number of hydrogen-bond donors (Lipinski definition) is 6. The van der Waals surface area contributed by atoms with Gasteiger partial charge in [-0.2, -0.15) is 0 Å². The van der Waals surface area contributed by atoms with Crippen molar-refractivity contribution in [1.29, 1.82) is 0 Å². The van der Waals surface area contributed by atoms with Gasteiger partial charge in [-0.05, 0) is 38.1 Å². The summed E-state index contributed by atoms with van der Waals surface area (Å²) in [5.74, 6) is -3.43. The molecule has 3 atom stereocenters. The van der Waals surface area contributed by atoms with E-state index >= 15 is 0 Å². The molecule has 2 amide bonds. The first kappa shape index (κ1) is 23.8. The average Bonchev–Trinajstić information content (AvgIpc) is 2.54. The van der Waals surface area contributed by atoms with Crippen molar-refractivity contribution in [2.24, 2.45) is 17.4 Å². The fraction of sp³-hybridized carbons (Fsp3) is 0.750. The first-order valence-corrected chi connectivity index (χ1v) is 8.59. The highest BCUT2D eigenvalue weighted by Gasteiger charge is 2.27. The SMILES string of the molecule is CC(C)C[C@H](NC(=O)CC[C@H](N)C(=O)O)C(=O)N[C@@H](CCCN)C(=O)O. The zero-order chi connectivity index (χ0) is 20.3. The monoisotopic (exact) mass is 374 g/mol. The molecule has 0 unspecified atom stereocenters. The van der Waals surface area contributed by atoms with Crippen molar-refractivity contribution in [2.45, 2.75) is 64.1 Å². The van der Waals surface area contributed by atoms with E-state index in [2.05, 4.69) is 10.6 Å². The lowest BCUT2D eigenvalue weighted by Gasteiger charge is -2.23. The number of nitrogens with one attached hydrogen (secondary N) is 2. The van der Waals surface area contributed by atoms with Crippen molar-refractivity contribution in [1.82, 2.24) is 10.6 Å². The largest absolute Gasteiger partial charge is 0.480 e. The van der Waals surface area contributed by atoms with E-state index in [9.17, 15) is 24.3 Å². The van der Waals surface area contributed by atoms with Gasteiger partial charge in [-0.3, -0.25) is 14.4 Å². The molecule has 10 nitrogen and oxygen atoms in total. The first-order valence-electron chi connectivity index (χ1n) is 8.59. The van der Waals surface area contributed by atoms with Gasteiger partial charge in [0.1, 0.15) is 18.1 Å². The van der Waals surface area contributed by atoms with Crippen molar-refractivity contribution in [3.05, 3.63) is 0 Å². The van der Waals surface area contributed by atoms with Crippen LogP contribution in [0.2, 0.25) is 0 Å². The molecule has 10 heteroatoms. The number of rotatable bonds is 13. The summed E-state index contributed by atoms with van der Waals surface area (Å²) in [5, 5.41) is 22.8. The Morgan fingerprint density at radius 2 is 1.58 bits per heavy atom. The number of amides is 2. The van der Waals surface area contributed by atoms with Gasteiger partial charge in [0, 0.05) is 6.42 Å². The lowest BCUT2D eigenvalue weighted by atomic mass is 10.0. The molecule has 0 aromatic carbocycles. The molecule has 0 aliphatic heterocycles. The minimum atomic E-state index is -1.21. The maximum absolute atomic E-state index is 12.4. The molecular formula is C16H30N4O6. The second-order valence-corrected chi connectivity index (χ2v) is 6.56. The van der Waals surface area contributed by atoms with Gasteiger partial charge in [0.25, 0.3) is 0 Å². The Morgan fingerprint density at radius 1 is 0.962 bits per heavy atom. The van der Waals surface area contributed by atoms with E-state index in [1.54, 1.807) is 0 Å². The number of carboxylic acids is 2. The fourth-order valence-electron chi connectivity index (χ4n) is 2.23. The van der Waals surface area contributed by atoms with Crippen LogP contribution in [-0.2, 0) is 19.2 Å². The van der Waals surface area contributed by atoms with Crippen molar-refractivity contribution in [3.8, 4) is 0 Å². The van der Waals surface area contributed by atoms with Gasteiger partial charge in [-0.25, -0.2) is 4.79 Å². The number of carbonyl (C=O) groups is 4. The van der Waals surface area contributed by atoms with Crippen LogP contribution in [0.4, 0.5) is 0 Å². The minimum Gasteiger partial charge on any atom is -0.480 e. The smallest absolute Gasteiger partial charge is 0.326 e. The van der Waals surface area contributed by atoms with Gasteiger partial charge in [0.2, 0.25) is 11.8 Å². The van der Waals surface area contributed by atoms with E-state index in [0.717, 1.165) is 0 Å². The fourth-order valence-corrected chi connectivity index (χ4v) is 2.23. The number of carboxylic acid groups (broad SMARTS) is 2. The summed E-state index contributed by atoms with van der Waals surface area (Å²) in [5.41, 5.74) is 10.7. The lowest BCUT2D eigenvalue weighted by molar-refractivity contribution is -0.142. The van der Waals surface area contributed by atoms with E-state index in [0.29, 0.717) is 19.4 Å². The van der Waals surface area contributed by atoms with Crippen molar-refractivity contribution >= 4 is 23.8 Å². The van der Waals surface area contributed by atoms with E-state index in [4.69, 9.17) is 16.6 Å². The molecule has 26 heavy (non-hydrogen) atoms. The first-order chi connectivity index (χ1) is 12.1. The number of carbonyl (C=O) groups excluding carboxylic acids is 2. The van der Waals surface area contributed by atoms with Crippen LogP contribution in [0.15, 0.2) is 0 Å². The molecule has 0 rings (SSSR count). The maximum Gasteiger partial charge on any atom is 0.326 e. The van der Waals surface area contributed by atoms with Crippen LogP contribution in [0.25, 0.3) is 0 Å². The maximum atomic E-state index is 12.4. The topological polar surface area (TPSA) is 185 Å². The summed E-state index contributed by atoms with van der Waals surface area (Å²) in [7, 11) is 0. The third-order valence-electron chi connectivity index (χ3n) is 3.67. The molecule has 150 valence electrons. The van der Waals surface area contributed by atoms with Gasteiger partial charge < -0.3 is 32.3 Å². The second kappa shape index (κ2) is 12.2. The lowest BCUT2D eigenvalue weighted by Crippen LogP contribution is -2.52. The Hall–Kier alpha value is -2.20. The Kier molecular flexibility index (Phi) is 11.2. The predicted molar refractivity (Wildman–Crippen MR) is 94.1 cm³/mol. The zero-order valence-corrected chi connectivity index (χ0v) is 15.2. The summed E-state index contributed by atoms with van der Waals surface area (Å²) in [6.07, 6.45) is 0.723. The van der Waals surface area contributed by atoms with Crippen LogP contribution >= 0.6 is 0 Å². The van der Waals surface area contributed by atoms with Crippen LogP contribution in [-0.4, -0.2) is 58.6 Å². The summed E-state index contributed by atoms with van der Waals surface area (Å²) in [4.78, 5) is 46.3. The van der Waals surface area contributed by atoms with Crippen molar-refractivity contribution in [2.75, 3.05) is 6.54 Å². The predicted octanol–water partition coefficient (Wildman–Crippen LogP) is -0.982. The van der Waals surface area contributed by atoms with Crippen LogP contribution < -0.4 is 22.1 Å². The Labute approximate surface area is 152 Å². The summed E-state index contributed by atoms with van der Waals surface area (Å²) in [6, 6.07) is -3.16. The third-order valence-corrected chi connectivity index (χ3v) is 3.67. The van der Waals surface area contributed by atoms with Gasteiger partial charge in [-0.15, -0.1) is 0 Å². The van der Waals surface area contributed by atoms with Crippen LogP contribution in [0.1, 0.15) is 46.0 Å². The molecule has 0 aliphatic carbocycles. The van der Waals surface area contributed by atoms with Crippen molar-refractivity contribution in [3.63, 3.8) is 0 Å². The molecule has 0 aliphatic rings. The standard InChI is InChI=1S/C16H30N4O6/c1-9(2)8-12(19-13(21)6-5-10(18)15(23)24)14(22)20-11(16(25)26)4-3-7-17/h9-12H,3-8,17-18H2,1-2H3,(H,19,21)(H,20,22)(H,23,24)(H,25,26)/t10-,11-,12-/m0/s1. The molecule has 0 aromatic heterocycles. The molecule has 0 spiro atoms. The Morgan fingerprint density at radius 3 is 2.04 bits per heavy atom. The molecule has 0 heterocycles. The molecular weight excluding hydrogens is 344 g/mol. The Bertz CT molecular complexity index is 497. The quantitative estimate of drug-likeness (QED) is 0.237. The van der Waals surface area contributed by atoms with E-state index < -0.39 is 41.9 Å². The van der Waals surface area contributed by atoms with Gasteiger partial charge in [0.15, 0.2) is 0 Å². The van der Waals surface area contributed by atoms with Crippen LogP contribution in [0.5, 0.6) is 0 Å². The molecule has 0 saturated carbocycles. The number of hydrogen-bond acceptors (Lipinski definition) is 6. The van der Waals surface area contributed by atoms with Gasteiger partial charge >= 0.3 is 11.9 Å². The molecule has 0 fully saturated rings. The van der Waals surface area contributed by atoms with Gasteiger partial charge in [0.05, 0.1) is 0 Å². The summed E-state index contributed by atoms with van der Waals surface area (Å²) < 4.78 is 0. The average molecular weight is 374 g/mol. The summed E-state index contributed by atoms with van der Waals surface area (Å²) in [6.45, 7) is 4.02. The van der Waals surface area contributed by atoms with E-state index in [1.165, 1.54) is 0 Å². The van der Waals surface area contributed by atoms with E-state index in [-0.39, 0.29) is 25.2 Å². The van der Waals surface area contributed by atoms with E-state index in [1.807, 2.05) is 13.8 Å². The minimum absolute atomic E-state index is 0.0641. The van der Waals surface area contributed by atoms with Crippen LogP contribution in [0, 0.1) is 5.92 Å². The highest BCUT2D eigenvalue weighted by Crippen LogP contribution is 2.07. The normalized spacial score (nSPS) is 14.3. The highest BCUT2D eigenvalue weighted by atomic mass is 16.4. The van der Waals surface area contributed by atoms with Gasteiger partial charge in [-0.1, -0.05) is 13.8 Å². The molecule has 0 bridgehead atoms. The second-order valence-electron chi connectivity index (χ2n) is 6.56. The molecule has 0 aromatic rings. The molecule has 0 radical (unpaired) electrons. The number of nitrogens with two attached hydrogens (primary N) is 2. The molecule has 0 saturated heterocycles. The van der Waals surface area contributed by atoms with Crippen LogP contribution in [0.3, 0.4) is 0 Å². The van der Waals surface area contributed by atoms with Crippen molar-refractivity contribution < 1.29 is 29.4 Å². The Balaban J connectivity index is 4.84.